The summed E-state index contributed by atoms with van der Waals surface area (Å²) in [5.41, 5.74) is 4.38. The van der Waals surface area contributed by atoms with E-state index < -0.39 is 0 Å². The molecule has 0 unspecified atom stereocenters. The van der Waals surface area contributed by atoms with Gasteiger partial charge in [-0.3, -0.25) is 0 Å². The van der Waals surface area contributed by atoms with Gasteiger partial charge in [0.2, 0.25) is 0 Å². The molecule has 0 atom stereocenters. The van der Waals surface area contributed by atoms with Gasteiger partial charge in [-0.2, -0.15) is 0 Å². The van der Waals surface area contributed by atoms with Crippen molar-refractivity contribution in [3.8, 4) is 0 Å². The molecule has 110 valence electrons. The van der Waals surface area contributed by atoms with Crippen LogP contribution in [0.1, 0.15) is 16.7 Å². The van der Waals surface area contributed by atoms with Gasteiger partial charge in [0.15, 0.2) is 5.11 Å². The van der Waals surface area contributed by atoms with Gasteiger partial charge in [-0.05, 0) is 67.4 Å². The van der Waals surface area contributed by atoms with Gasteiger partial charge in [0.25, 0.3) is 0 Å². The summed E-state index contributed by atoms with van der Waals surface area (Å²) in [6.07, 6.45) is 0.729. The molecule has 0 amide bonds. The van der Waals surface area contributed by atoms with E-state index in [0.717, 1.165) is 17.7 Å². The fraction of sp³-hybridized carbons (Fsp3) is 0.235. The van der Waals surface area contributed by atoms with Gasteiger partial charge in [-0.25, -0.2) is 4.39 Å². The molecule has 0 bridgehead atoms. The molecule has 0 aliphatic heterocycles. The molecule has 0 aliphatic rings. The Morgan fingerprint density at radius 2 is 1.90 bits per heavy atom. The highest BCUT2D eigenvalue weighted by molar-refractivity contribution is 7.80. The second-order valence-electron chi connectivity index (χ2n) is 5.01. The molecule has 2 rings (SSSR count). The molecule has 0 fully saturated rings. The van der Waals surface area contributed by atoms with Crippen LogP contribution in [0, 0.1) is 19.7 Å². The first-order valence-corrected chi connectivity index (χ1v) is 7.32. The van der Waals surface area contributed by atoms with Crippen LogP contribution < -0.4 is 10.6 Å². The van der Waals surface area contributed by atoms with Gasteiger partial charge in [-0.15, -0.1) is 0 Å². The third-order valence-corrected chi connectivity index (χ3v) is 3.69. The van der Waals surface area contributed by atoms with E-state index in [1.165, 1.54) is 17.2 Å². The zero-order valence-electron chi connectivity index (χ0n) is 12.2. The normalized spacial score (nSPS) is 10.2. The maximum atomic E-state index is 13.1. The fourth-order valence-electron chi connectivity index (χ4n) is 2.07. The lowest BCUT2D eigenvalue weighted by molar-refractivity contribution is 0.625. The van der Waals surface area contributed by atoms with Gasteiger partial charge in [0.05, 0.1) is 0 Å². The summed E-state index contributed by atoms with van der Waals surface area (Å²) in [6.45, 7) is 4.80. The average Bonchev–Trinajstić information content (AvgIpc) is 2.44. The van der Waals surface area contributed by atoms with Crippen molar-refractivity contribution in [1.82, 2.24) is 5.32 Å². The molecule has 2 aromatic carbocycles. The lowest BCUT2D eigenvalue weighted by atomic mass is 10.1. The van der Waals surface area contributed by atoms with Crippen LogP contribution in [0.2, 0.25) is 0 Å². The predicted molar refractivity (Wildman–Crippen MR) is 90.2 cm³/mol. The SMILES string of the molecule is Cc1cccc(NC(=S)NCCc2cccc(F)c2)c1C. The predicted octanol–water partition coefficient (Wildman–Crippen LogP) is 3.97. The third-order valence-electron chi connectivity index (χ3n) is 3.44. The highest BCUT2D eigenvalue weighted by atomic mass is 32.1. The Morgan fingerprint density at radius 1 is 1.14 bits per heavy atom. The van der Waals surface area contributed by atoms with E-state index in [9.17, 15) is 4.39 Å². The largest absolute Gasteiger partial charge is 0.362 e. The second kappa shape index (κ2) is 7.18. The van der Waals surface area contributed by atoms with Crippen LogP contribution in [0.15, 0.2) is 42.5 Å². The van der Waals surface area contributed by atoms with E-state index in [4.69, 9.17) is 12.2 Å². The number of hydrogen-bond donors (Lipinski definition) is 2. The molecule has 0 spiro atoms. The summed E-state index contributed by atoms with van der Waals surface area (Å²) in [6, 6.07) is 12.7. The Morgan fingerprint density at radius 3 is 2.67 bits per heavy atom. The standard InChI is InChI=1S/C17H19FN2S/c1-12-5-3-8-16(13(12)2)20-17(21)19-10-9-14-6-4-7-15(18)11-14/h3-8,11H,9-10H2,1-2H3,(H2,19,20,21). The Hall–Kier alpha value is -1.94. The fourth-order valence-corrected chi connectivity index (χ4v) is 2.28. The first-order valence-electron chi connectivity index (χ1n) is 6.92. The zero-order valence-corrected chi connectivity index (χ0v) is 13.1. The quantitative estimate of drug-likeness (QED) is 0.836. The summed E-state index contributed by atoms with van der Waals surface area (Å²) >= 11 is 5.28. The number of nitrogens with one attached hydrogen (secondary N) is 2. The Bertz CT molecular complexity index is 640. The molecule has 2 N–H and O–H groups in total. The van der Waals surface area contributed by atoms with E-state index >= 15 is 0 Å². The van der Waals surface area contributed by atoms with Crippen molar-refractivity contribution in [3.05, 3.63) is 65.0 Å². The van der Waals surface area contributed by atoms with Gasteiger partial charge in [0, 0.05) is 12.2 Å². The smallest absolute Gasteiger partial charge is 0.170 e. The molecule has 0 heterocycles. The van der Waals surface area contributed by atoms with Gasteiger partial charge >= 0.3 is 0 Å². The highest BCUT2D eigenvalue weighted by Gasteiger charge is 2.03. The number of halogens is 1. The van der Waals surface area contributed by atoms with E-state index in [0.29, 0.717) is 11.7 Å². The van der Waals surface area contributed by atoms with Crippen LogP contribution in [-0.2, 0) is 6.42 Å². The first kappa shape index (κ1) is 15.4. The molecule has 0 saturated carbocycles. The van der Waals surface area contributed by atoms with Crippen molar-refractivity contribution in [2.75, 3.05) is 11.9 Å². The minimum atomic E-state index is -0.205. The minimum Gasteiger partial charge on any atom is -0.362 e. The molecule has 21 heavy (non-hydrogen) atoms. The highest BCUT2D eigenvalue weighted by Crippen LogP contribution is 2.17. The first-order chi connectivity index (χ1) is 10.1. The number of thiocarbonyl (C=S) groups is 1. The molecular formula is C17H19FN2S. The molecular weight excluding hydrogens is 283 g/mol. The molecule has 0 saturated heterocycles. The van der Waals surface area contributed by atoms with Crippen LogP contribution >= 0.6 is 12.2 Å². The molecule has 2 aromatic rings. The number of aryl methyl sites for hydroxylation is 1. The second-order valence-corrected chi connectivity index (χ2v) is 5.42. The summed E-state index contributed by atoms with van der Waals surface area (Å²) in [5, 5.41) is 6.92. The van der Waals surface area contributed by atoms with Crippen molar-refractivity contribution >= 4 is 23.0 Å². The summed E-state index contributed by atoms with van der Waals surface area (Å²) in [7, 11) is 0. The number of anilines is 1. The van der Waals surface area contributed by atoms with E-state index in [-0.39, 0.29) is 5.82 Å². The van der Waals surface area contributed by atoms with Crippen LogP contribution in [0.4, 0.5) is 10.1 Å². The number of rotatable bonds is 4. The van der Waals surface area contributed by atoms with Crippen LogP contribution in [0.25, 0.3) is 0 Å². The Balaban J connectivity index is 1.84. The maximum Gasteiger partial charge on any atom is 0.170 e. The topological polar surface area (TPSA) is 24.1 Å². The van der Waals surface area contributed by atoms with E-state index in [2.05, 4.69) is 30.5 Å². The van der Waals surface area contributed by atoms with Crippen molar-refractivity contribution in [2.45, 2.75) is 20.3 Å². The summed E-state index contributed by atoms with van der Waals surface area (Å²) in [5.74, 6) is -0.205. The Kier molecular flexibility index (Phi) is 5.28. The van der Waals surface area contributed by atoms with Crippen molar-refractivity contribution in [1.29, 1.82) is 0 Å². The molecule has 4 heteroatoms. The van der Waals surface area contributed by atoms with Gasteiger partial charge in [0.1, 0.15) is 5.82 Å². The molecule has 0 radical (unpaired) electrons. The zero-order chi connectivity index (χ0) is 15.2. The van der Waals surface area contributed by atoms with Crippen LogP contribution in [0.3, 0.4) is 0 Å². The molecule has 0 aliphatic carbocycles. The summed E-state index contributed by atoms with van der Waals surface area (Å²) < 4.78 is 13.1. The van der Waals surface area contributed by atoms with E-state index in [1.54, 1.807) is 12.1 Å². The minimum absolute atomic E-state index is 0.205. The molecule has 0 aromatic heterocycles. The van der Waals surface area contributed by atoms with E-state index in [1.807, 2.05) is 18.2 Å². The monoisotopic (exact) mass is 302 g/mol. The van der Waals surface area contributed by atoms with Crippen LogP contribution in [0.5, 0.6) is 0 Å². The average molecular weight is 302 g/mol. The molecule has 2 nitrogen and oxygen atoms in total. The lowest BCUT2D eigenvalue weighted by Gasteiger charge is -2.13. The number of benzene rings is 2. The number of hydrogen-bond acceptors (Lipinski definition) is 1. The maximum absolute atomic E-state index is 13.1. The van der Waals surface area contributed by atoms with Crippen molar-refractivity contribution in [2.24, 2.45) is 0 Å². The Labute approximate surface area is 130 Å². The lowest BCUT2D eigenvalue weighted by Crippen LogP contribution is -2.30. The van der Waals surface area contributed by atoms with Gasteiger partial charge < -0.3 is 10.6 Å². The van der Waals surface area contributed by atoms with Gasteiger partial charge in [-0.1, -0.05) is 24.3 Å². The third kappa shape index (κ3) is 4.53. The van der Waals surface area contributed by atoms with Crippen molar-refractivity contribution in [3.63, 3.8) is 0 Å². The summed E-state index contributed by atoms with van der Waals surface area (Å²) in [4.78, 5) is 0. The van der Waals surface area contributed by atoms with Crippen molar-refractivity contribution < 1.29 is 4.39 Å². The van der Waals surface area contributed by atoms with Crippen LogP contribution in [-0.4, -0.2) is 11.7 Å².